The fraction of sp³-hybridized carbons (Fsp3) is 0.533. The summed E-state index contributed by atoms with van der Waals surface area (Å²) >= 11 is 0. The normalized spacial score (nSPS) is 22.8. The van der Waals surface area contributed by atoms with Gasteiger partial charge in [-0.15, -0.1) is 0 Å². The predicted octanol–water partition coefficient (Wildman–Crippen LogP) is 1.27. The Morgan fingerprint density at radius 1 is 1.30 bits per heavy atom. The van der Waals surface area contributed by atoms with E-state index in [2.05, 4.69) is 15.5 Å². The fourth-order valence-corrected chi connectivity index (χ4v) is 3.07. The highest BCUT2D eigenvalue weighted by Crippen LogP contribution is 2.36. The van der Waals surface area contributed by atoms with Crippen LogP contribution in [0.1, 0.15) is 19.8 Å². The number of likely N-dealkylation sites (tertiary alicyclic amines) is 1. The van der Waals surface area contributed by atoms with E-state index in [0.29, 0.717) is 0 Å². The number of fused-ring (bicyclic) bond motifs is 1. The first-order chi connectivity index (χ1) is 9.64. The third-order valence-corrected chi connectivity index (χ3v) is 4.52. The van der Waals surface area contributed by atoms with Crippen LogP contribution in [0, 0.1) is 0 Å². The van der Waals surface area contributed by atoms with Crippen LogP contribution >= 0.6 is 0 Å². The van der Waals surface area contributed by atoms with E-state index in [1.54, 1.807) is 0 Å². The van der Waals surface area contributed by atoms with Crippen LogP contribution in [0.5, 0.6) is 0 Å². The summed E-state index contributed by atoms with van der Waals surface area (Å²) in [5.41, 5.74) is 1.35. The van der Waals surface area contributed by atoms with Crippen LogP contribution in [-0.2, 0) is 4.79 Å². The number of carbonyl (C=O) groups excluding carboxylic acids is 1. The van der Waals surface area contributed by atoms with Gasteiger partial charge in [0.15, 0.2) is 0 Å². The van der Waals surface area contributed by atoms with Gasteiger partial charge < -0.3 is 15.7 Å². The monoisotopic (exact) mass is 275 g/mol. The van der Waals surface area contributed by atoms with Gasteiger partial charge >= 0.3 is 0 Å². The van der Waals surface area contributed by atoms with Gasteiger partial charge in [0.25, 0.3) is 0 Å². The number of benzene rings is 1. The van der Waals surface area contributed by atoms with Gasteiger partial charge in [-0.3, -0.25) is 9.69 Å². The highest BCUT2D eigenvalue weighted by molar-refractivity contribution is 6.06. The smallest absolute Gasteiger partial charge is 0.250 e. The molecular formula is C15H21N3O2. The van der Waals surface area contributed by atoms with Gasteiger partial charge in [-0.2, -0.15) is 0 Å². The molecule has 0 saturated carbocycles. The van der Waals surface area contributed by atoms with Gasteiger partial charge in [0.1, 0.15) is 5.54 Å². The quantitative estimate of drug-likeness (QED) is 0.760. The summed E-state index contributed by atoms with van der Waals surface area (Å²) in [5, 5.41) is 15.7. The van der Waals surface area contributed by atoms with E-state index < -0.39 is 5.54 Å². The number of para-hydroxylation sites is 2. The van der Waals surface area contributed by atoms with E-state index in [1.807, 2.05) is 31.2 Å². The number of rotatable bonds is 2. The zero-order valence-corrected chi connectivity index (χ0v) is 11.7. The molecule has 3 rings (SSSR count). The van der Waals surface area contributed by atoms with Crippen molar-refractivity contribution in [3.63, 3.8) is 0 Å². The zero-order chi connectivity index (χ0) is 14.2. The lowest BCUT2D eigenvalue weighted by Crippen LogP contribution is -2.59. The molecule has 20 heavy (non-hydrogen) atoms. The first-order valence-corrected chi connectivity index (χ1v) is 7.18. The van der Waals surface area contributed by atoms with Gasteiger partial charge in [0, 0.05) is 19.1 Å². The number of hydrogen-bond acceptors (Lipinski definition) is 4. The maximum absolute atomic E-state index is 12.4. The molecule has 1 amide bonds. The minimum absolute atomic E-state index is 0.0625. The molecule has 0 aliphatic carbocycles. The molecule has 2 aliphatic heterocycles. The van der Waals surface area contributed by atoms with Crippen molar-refractivity contribution in [1.82, 2.24) is 4.90 Å². The second kappa shape index (κ2) is 5.07. The van der Waals surface area contributed by atoms with E-state index in [1.165, 1.54) is 0 Å². The molecule has 5 heteroatoms. The van der Waals surface area contributed by atoms with Crippen molar-refractivity contribution in [1.29, 1.82) is 0 Å². The van der Waals surface area contributed by atoms with E-state index >= 15 is 0 Å². The van der Waals surface area contributed by atoms with Gasteiger partial charge in [0.05, 0.1) is 18.0 Å². The summed E-state index contributed by atoms with van der Waals surface area (Å²) in [6.07, 6.45) is 1.52. The molecule has 1 fully saturated rings. The summed E-state index contributed by atoms with van der Waals surface area (Å²) in [7, 11) is 0. The Morgan fingerprint density at radius 3 is 2.60 bits per heavy atom. The largest absolute Gasteiger partial charge is 0.395 e. The lowest BCUT2D eigenvalue weighted by molar-refractivity contribution is -0.122. The molecular weight excluding hydrogens is 254 g/mol. The van der Waals surface area contributed by atoms with E-state index in [0.717, 1.165) is 37.3 Å². The summed E-state index contributed by atoms with van der Waals surface area (Å²) in [6, 6.07) is 7.96. The molecule has 108 valence electrons. The first kappa shape index (κ1) is 13.4. The maximum Gasteiger partial charge on any atom is 0.250 e. The van der Waals surface area contributed by atoms with Crippen LogP contribution in [0.2, 0.25) is 0 Å². The second-order valence-corrected chi connectivity index (χ2v) is 5.77. The number of nitrogens with one attached hydrogen (secondary N) is 2. The number of nitrogens with zero attached hydrogens (tertiary/aromatic N) is 1. The Bertz CT molecular complexity index is 510. The Kier molecular flexibility index (Phi) is 3.40. The molecule has 5 nitrogen and oxygen atoms in total. The highest BCUT2D eigenvalue weighted by atomic mass is 16.3. The molecule has 0 aromatic heterocycles. The molecule has 1 aromatic rings. The number of carbonyl (C=O) groups is 1. The lowest BCUT2D eigenvalue weighted by Gasteiger charge is -2.45. The Labute approximate surface area is 119 Å². The molecule has 1 aromatic carbocycles. The lowest BCUT2D eigenvalue weighted by atomic mass is 9.84. The molecule has 1 saturated heterocycles. The third kappa shape index (κ3) is 2.17. The SMILES string of the molecule is CC(CO)N1CCC2(CC1)Nc1ccccc1NC2=O. The minimum Gasteiger partial charge on any atom is -0.395 e. The van der Waals surface area contributed by atoms with Crippen molar-refractivity contribution in [2.45, 2.75) is 31.3 Å². The van der Waals surface area contributed by atoms with Crippen LogP contribution in [0.3, 0.4) is 0 Å². The second-order valence-electron chi connectivity index (χ2n) is 5.77. The maximum atomic E-state index is 12.4. The summed E-state index contributed by atoms with van der Waals surface area (Å²) in [5.74, 6) is 0.0625. The molecule has 2 aliphatic rings. The summed E-state index contributed by atoms with van der Waals surface area (Å²) in [6.45, 7) is 3.83. The number of anilines is 2. The van der Waals surface area contributed by atoms with E-state index in [9.17, 15) is 9.90 Å². The molecule has 0 radical (unpaired) electrons. The van der Waals surface area contributed by atoms with Crippen LogP contribution < -0.4 is 10.6 Å². The average molecular weight is 275 g/mol. The molecule has 2 heterocycles. The van der Waals surface area contributed by atoms with Crippen molar-refractivity contribution in [2.24, 2.45) is 0 Å². The highest BCUT2D eigenvalue weighted by Gasteiger charge is 2.44. The van der Waals surface area contributed by atoms with Crippen LogP contribution in [-0.4, -0.2) is 47.2 Å². The molecule has 3 N–H and O–H groups in total. The van der Waals surface area contributed by atoms with Gasteiger partial charge in [0.2, 0.25) is 5.91 Å². The van der Waals surface area contributed by atoms with Crippen molar-refractivity contribution >= 4 is 17.3 Å². The molecule has 0 bridgehead atoms. The molecule has 1 atom stereocenters. The number of aliphatic hydroxyl groups excluding tert-OH is 1. The van der Waals surface area contributed by atoms with Crippen molar-refractivity contribution in [2.75, 3.05) is 30.3 Å². The number of amides is 1. The van der Waals surface area contributed by atoms with Gasteiger partial charge in [-0.25, -0.2) is 0 Å². The fourth-order valence-electron chi connectivity index (χ4n) is 3.07. The third-order valence-electron chi connectivity index (χ3n) is 4.52. The van der Waals surface area contributed by atoms with Gasteiger partial charge in [-0.05, 0) is 31.9 Å². The van der Waals surface area contributed by atoms with Crippen molar-refractivity contribution in [3.8, 4) is 0 Å². The first-order valence-electron chi connectivity index (χ1n) is 7.18. The number of aliphatic hydroxyl groups is 1. The van der Waals surface area contributed by atoms with Gasteiger partial charge in [-0.1, -0.05) is 12.1 Å². The summed E-state index contributed by atoms with van der Waals surface area (Å²) < 4.78 is 0. The van der Waals surface area contributed by atoms with Crippen LogP contribution in [0.25, 0.3) is 0 Å². The standard InChI is InChI=1S/C15H21N3O2/c1-11(10-19)18-8-6-15(7-9-18)14(20)16-12-4-2-3-5-13(12)17-15/h2-5,11,17,19H,6-10H2,1H3,(H,16,20). The number of hydrogen-bond donors (Lipinski definition) is 3. The van der Waals surface area contributed by atoms with E-state index in [4.69, 9.17) is 0 Å². The Hall–Kier alpha value is -1.59. The topological polar surface area (TPSA) is 64.6 Å². The van der Waals surface area contributed by atoms with E-state index in [-0.39, 0.29) is 18.6 Å². The predicted molar refractivity (Wildman–Crippen MR) is 78.8 cm³/mol. The summed E-state index contributed by atoms with van der Waals surface area (Å²) in [4.78, 5) is 14.7. The van der Waals surface area contributed by atoms with Crippen LogP contribution in [0.15, 0.2) is 24.3 Å². The van der Waals surface area contributed by atoms with Crippen LogP contribution in [0.4, 0.5) is 11.4 Å². The van der Waals surface area contributed by atoms with Crippen molar-refractivity contribution in [3.05, 3.63) is 24.3 Å². The number of piperidine rings is 1. The Balaban J connectivity index is 1.77. The Morgan fingerprint density at radius 2 is 1.95 bits per heavy atom. The molecule has 1 spiro atoms. The van der Waals surface area contributed by atoms with Crippen molar-refractivity contribution < 1.29 is 9.90 Å². The minimum atomic E-state index is -0.500. The molecule has 1 unspecified atom stereocenters. The average Bonchev–Trinajstić information content (AvgIpc) is 2.48. The zero-order valence-electron chi connectivity index (χ0n) is 11.7.